The number of hydrogen-bond acceptors (Lipinski definition) is 5. The van der Waals surface area contributed by atoms with Crippen molar-refractivity contribution in [3.8, 4) is 5.75 Å². The van der Waals surface area contributed by atoms with Gasteiger partial charge in [-0.2, -0.15) is 0 Å². The minimum Gasteiger partial charge on any atom is -0.480 e. The van der Waals surface area contributed by atoms with Gasteiger partial charge in [-0.05, 0) is 26.0 Å². The lowest BCUT2D eigenvalue weighted by molar-refractivity contribution is -0.145. The Morgan fingerprint density at radius 1 is 1.41 bits per heavy atom. The van der Waals surface area contributed by atoms with Gasteiger partial charge in [-0.15, -0.1) is 0 Å². The van der Waals surface area contributed by atoms with Crippen LogP contribution >= 0.6 is 0 Å². The predicted octanol–water partition coefficient (Wildman–Crippen LogP) is -0.191. The van der Waals surface area contributed by atoms with Gasteiger partial charge in [0.05, 0.1) is 6.61 Å². The van der Waals surface area contributed by atoms with Crippen molar-refractivity contribution in [2.75, 3.05) is 26.9 Å². The molecule has 8 heteroatoms. The van der Waals surface area contributed by atoms with Crippen LogP contribution in [0.15, 0.2) is 23.1 Å². The van der Waals surface area contributed by atoms with E-state index in [1.54, 1.807) is 0 Å². The van der Waals surface area contributed by atoms with Crippen molar-refractivity contribution in [3.63, 3.8) is 0 Å². The highest BCUT2D eigenvalue weighted by atomic mass is 16.5. The maximum Gasteiger partial charge on any atom is 0.329 e. The van der Waals surface area contributed by atoms with Crippen LogP contribution in [0, 0.1) is 0 Å². The minimum atomic E-state index is -1.42. The summed E-state index contributed by atoms with van der Waals surface area (Å²) in [4.78, 5) is 34.9. The molecule has 0 saturated carbocycles. The standard InChI is InChI=1S/C14H20N2O6/c1-14(2,13(19)20)16-7-4-5-10(12(16)18)22-9-11(17)15-6-8-21-3/h4-5,7H,6,8-9H2,1-3H3,(H,15,17)(H,19,20). The predicted molar refractivity (Wildman–Crippen MR) is 78.0 cm³/mol. The highest BCUT2D eigenvalue weighted by molar-refractivity contribution is 5.77. The molecule has 122 valence electrons. The third-order valence-electron chi connectivity index (χ3n) is 3.03. The molecule has 1 aromatic heterocycles. The summed E-state index contributed by atoms with van der Waals surface area (Å²) in [6.45, 7) is 3.17. The summed E-state index contributed by atoms with van der Waals surface area (Å²) < 4.78 is 11.0. The van der Waals surface area contributed by atoms with E-state index in [0.717, 1.165) is 4.57 Å². The molecule has 0 saturated heterocycles. The van der Waals surface area contributed by atoms with Crippen molar-refractivity contribution in [2.45, 2.75) is 19.4 Å². The third-order valence-corrected chi connectivity index (χ3v) is 3.03. The molecule has 0 fully saturated rings. The van der Waals surface area contributed by atoms with Crippen LogP contribution < -0.4 is 15.6 Å². The van der Waals surface area contributed by atoms with Crippen molar-refractivity contribution in [2.24, 2.45) is 0 Å². The van der Waals surface area contributed by atoms with Crippen LogP contribution in [0.3, 0.4) is 0 Å². The molecular formula is C14H20N2O6. The summed E-state index contributed by atoms with van der Waals surface area (Å²) in [6.07, 6.45) is 1.36. The van der Waals surface area contributed by atoms with Gasteiger partial charge >= 0.3 is 5.97 Å². The van der Waals surface area contributed by atoms with Crippen molar-refractivity contribution < 1.29 is 24.2 Å². The smallest absolute Gasteiger partial charge is 0.329 e. The molecule has 0 aliphatic heterocycles. The summed E-state index contributed by atoms with van der Waals surface area (Å²) in [6, 6.07) is 2.88. The lowest BCUT2D eigenvalue weighted by Gasteiger charge is -2.22. The summed E-state index contributed by atoms with van der Waals surface area (Å²) in [5.41, 5.74) is -2.03. The van der Waals surface area contributed by atoms with Gasteiger partial charge in [0.15, 0.2) is 12.4 Å². The number of amides is 1. The molecule has 0 atom stereocenters. The van der Waals surface area contributed by atoms with Gasteiger partial charge in [0, 0.05) is 19.9 Å². The number of carboxylic acids is 1. The van der Waals surface area contributed by atoms with E-state index >= 15 is 0 Å². The molecule has 0 aliphatic rings. The van der Waals surface area contributed by atoms with Crippen LogP contribution in [0.5, 0.6) is 5.75 Å². The number of aliphatic carboxylic acids is 1. The highest BCUT2D eigenvalue weighted by Crippen LogP contribution is 2.14. The average Bonchev–Trinajstić information content (AvgIpc) is 2.46. The molecule has 0 bridgehead atoms. The molecule has 2 N–H and O–H groups in total. The first-order valence-corrected chi connectivity index (χ1v) is 6.64. The molecule has 1 aromatic rings. The lowest BCUT2D eigenvalue weighted by Crippen LogP contribution is -2.42. The number of carbonyl (C=O) groups excluding carboxylic acids is 1. The first-order chi connectivity index (χ1) is 10.3. The SMILES string of the molecule is COCCNC(=O)COc1cccn(C(C)(C)C(=O)O)c1=O. The first-order valence-electron chi connectivity index (χ1n) is 6.64. The van der Waals surface area contributed by atoms with E-state index < -0.39 is 23.0 Å². The number of nitrogens with one attached hydrogen (secondary N) is 1. The molecule has 0 aromatic carbocycles. The van der Waals surface area contributed by atoms with Gasteiger partial charge in [0.2, 0.25) is 0 Å². The van der Waals surface area contributed by atoms with Gasteiger partial charge in [-0.3, -0.25) is 14.2 Å². The number of carbonyl (C=O) groups is 2. The fraction of sp³-hybridized carbons (Fsp3) is 0.500. The van der Waals surface area contributed by atoms with Crippen LogP contribution in [0.1, 0.15) is 13.8 Å². The molecule has 0 radical (unpaired) electrons. The Kier molecular flexibility index (Phi) is 6.11. The summed E-state index contributed by atoms with van der Waals surface area (Å²) in [5, 5.41) is 11.7. The Bertz CT molecular complexity index is 593. The monoisotopic (exact) mass is 312 g/mol. The Morgan fingerprint density at radius 3 is 2.68 bits per heavy atom. The van der Waals surface area contributed by atoms with Crippen LogP contribution in [-0.4, -0.2) is 48.4 Å². The van der Waals surface area contributed by atoms with Gasteiger partial charge in [-0.1, -0.05) is 0 Å². The number of ether oxygens (including phenoxy) is 2. The molecule has 1 amide bonds. The maximum absolute atomic E-state index is 12.2. The number of rotatable bonds is 8. The van der Waals surface area contributed by atoms with Gasteiger partial charge in [0.25, 0.3) is 11.5 Å². The topological polar surface area (TPSA) is 107 Å². The molecule has 1 rings (SSSR count). The zero-order valence-electron chi connectivity index (χ0n) is 12.8. The van der Waals surface area contributed by atoms with E-state index in [1.165, 1.54) is 39.3 Å². The summed E-state index contributed by atoms with van der Waals surface area (Å²) in [5.74, 6) is -1.63. The Hall–Kier alpha value is -2.35. The first kappa shape index (κ1) is 17.7. The van der Waals surface area contributed by atoms with Crippen molar-refractivity contribution in [1.29, 1.82) is 0 Å². The number of nitrogens with zero attached hydrogens (tertiary/aromatic N) is 1. The van der Waals surface area contributed by atoms with Crippen molar-refractivity contribution in [1.82, 2.24) is 9.88 Å². The Morgan fingerprint density at radius 2 is 2.09 bits per heavy atom. The molecule has 22 heavy (non-hydrogen) atoms. The Labute approximate surface area is 127 Å². The second kappa shape index (κ2) is 7.60. The molecule has 0 unspecified atom stereocenters. The largest absolute Gasteiger partial charge is 0.480 e. The second-order valence-electron chi connectivity index (χ2n) is 5.04. The quantitative estimate of drug-likeness (QED) is 0.644. The second-order valence-corrected chi connectivity index (χ2v) is 5.04. The van der Waals surface area contributed by atoms with Gasteiger partial charge < -0.3 is 19.9 Å². The maximum atomic E-state index is 12.2. The van der Waals surface area contributed by atoms with Crippen LogP contribution in [-0.2, 0) is 19.9 Å². The van der Waals surface area contributed by atoms with Crippen LogP contribution in [0.25, 0.3) is 0 Å². The average molecular weight is 312 g/mol. The third kappa shape index (κ3) is 4.32. The molecule has 8 nitrogen and oxygen atoms in total. The van der Waals surface area contributed by atoms with Gasteiger partial charge in [0.1, 0.15) is 5.54 Å². The Balaban J connectivity index is 2.80. The molecule has 0 aliphatic carbocycles. The molecule has 0 spiro atoms. The highest BCUT2D eigenvalue weighted by Gasteiger charge is 2.30. The summed E-state index contributed by atoms with van der Waals surface area (Å²) >= 11 is 0. The zero-order chi connectivity index (χ0) is 16.8. The number of pyridine rings is 1. The minimum absolute atomic E-state index is 0.0845. The number of hydrogen-bond donors (Lipinski definition) is 2. The normalized spacial score (nSPS) is 11.0. The van der Waals surface area contributed by atoms with E-state index in [-0.39, 0.29) is 12.4 Å². The van der Waals surface area contributed by atoms with Gasteiger partial charge in [-0.25, -0.2) is 4.79 Å². The molecular weight excluding hydrogens is 292 g/mol. The van der Waals surface area contributed by atoms with E-state index in [1.807, 2.05) is 0 Å². The lowest BCUT2D eigenvalue weighted by atomic mass is 10.1. The number of carboxylic acid groups (broad SMARTS) is 1. The fourth-order valence-corrected chi connectivity index (χ4v) is 1.61. The van der Waals surface area contributed by atoms with E-state index in [0.29, 0.717) is 13.2 Å². The number of aromatic nitrogens is 1. The van der Waals surface area contributed by atoms with Crippen LogP contribution in [0.2, 0.25) is 0 Å². The van der Waals surface area contributed by atoms with E-state index in [4.69, 9.17) is 9.47 Å². The van der Waals surface area contributed by atoms with Crippen LogP contribution in [0.4, 0.5) is 0 Å². The molecule has 1 heterocycles. The summed E-state index contributed by atoms with van der Waals surface area (Å²) in [7, 11) is 1.51. The van der Waals surface area contributed by atoms with E-state index in [9.17, 15) is 19.5 Å². The van der Waals surface area contributed by atoms with E-state index in [2.05, 4.69) is 5.32 Å². The van der Waals surface area contributed by atoms with Crippen molar-refractivity contribution >= 4 is 11.9 Å². The van der Waals surface area contributed by atoms with Crippen molar-refractivity contribution in [3.05, 3.63) is 28.7 Å². The zero-order valence-corrected chi connectivity index (χ0v) is 12.8. The fourth-order valence-electron chi connectivity index (χ4n) is 1.61. The number of methoxy groups -OCH3 is 1.